The fourth-order valence-electron chi connectivity index (χ4n) is 2.41. The fourth-order valence-corrected chi connectivity index (χ4v) is 2.41. The zero-order chi connectivity index (χ0) is 10.1. The molecule has 3 nitrogen and oxygen atoms in total. The molecule has 1 spiro atoms. The Bertz CT molecular complexity index is 329. The van der Waals surface area contributed by atoms with Crippen molar-refractivity contribution >= 4 is 0 Å². The van der Waals surface area contributed by atoms with Crippen LogP contribution in [-0.4, -0.2) is 24.0 Å². The summed E-state index contributed by atoms with van der Waals surface area (Å²) in [4.78, 5) is 4.37. The number of pyridine rings is 1. The van der Waals surface area contributed by atoms with Crippen molar-refractivity contribution in [1.29, 1.82) is 0 Å². The molecule has 1 aromatic heterocycles. The Hall–Kier alpha value is -0.930. The molecule has 1 aliphatic carbocycles. The van der Waals surface area contributed by atoms with E-state index in [4.69, 9.17) is 9.47 Å². The summed E-state index contributed by atoms with van der Waals surface area (Å²) in [7, 11) is 0. The number of ether oxygens (including phenoxy) is 2. The molecule has 3 rings (SSSR count). The summed E-state index contributed by atoms with van der Waals surface area (Å²) in [6, 6.07) is 5.07. The van der Waals surface area contributed by atoms with Crippen molar-refractivity contribution < 1.29 is 9.47 Å². The second-order valence-electron chi connectivity index (χ2n) is 4.15. The minimum absolute atomic E-state index is 0.319. The first-order valence-electron chi connectivity index (χ1n) is 5.50. The van der Waals surface area contributed by atoms with Crippen LogP contribution in [0, 0.1) is 6.07 Å². The van der Waals surface area contributed by atoms with Crippen LogP contribution in [0.2, 0.25) is 0 Å². The molecule has 0 N–H and O–H groups in total. The van der Waals surface area contributed by atoms with Gasteiger partial charge in [0, 0.05) is 30.8 Å². The molecule has 3 heteroatoms. The van der Waals surface area contributed by atoms with Gasteiger partial charge in [0.25, 0.3) is 0 Å². The van der Waals surface area contributed by atoms with Gasteiger partial charge in [-0.2, -0.15) is 0 Å². The minimum Gasteiger partial charge on any atom is -0.348 e. The van der Waals surface area contributed by atoms with Gasteiger partial charge in [-0.1, -0.05) is 0 Å². The van der Waals surface area contributed by atoms with E-state index in [1.165, 1.54) is 11.3 Å². The van der Waals surface area contributed by atoms with Gasteiger partial charge in [-0.3, -0.25) is 4.98 Å². The Morgan fingerprint density at radius 1 is 1.20 bits per heavy atom. The summed E-state index contributed by atoms with van der Waals surface area (Å²) < 4.78 is 11.5. The number of aryl methyl sites for hydroxylation is 2. The Morgan fingerprint density at radius 2 is 2.00 bits per heavy atom. The summed E-state index contributed by atoms with van der Waals surface area (Å²) in [6.07, 6.45) is 5.55. The van der Waals surface area contributed by atoms with Crippen LogP contribution in [0.3, 0.4) is 0 Å². The molecule has 0 saturated carbocycles. The van der Waals surface area contributed by atoms with Crippen LogP contribution in [0.1, 0.15) is 24.1 Å². The van der Waals surface area contributed by atoms with Crippen molar-refractivity contribution in [2.75, 3.05) is 13.2 Å². The third kappa shape index (κ3) is 1.66. The molecule has 0 unspecified atom stereocenters. The predicted octanol–water partition coefficient (Wildman–Crippen LogP) is 1.50. The number of hydrogen-bond donors (Lipinski definition) is 0. The van der Waals surface area contributed by atoms with E-state index in [0.717, 1.165) is 38.9 Å². The first kappa shape index (κ1) is 9.31. The van der Waals surface area contributed by atoms with Crippen molar-refractivity contribution in [3.05, 3.63) is 29.6 Å². The summed E-state index contributed by atoms with van der Waals surface area (Å²) in [5.41, 5.74) is 2.48. The summed E-state index contributed by atoms with van der Waals surface area (Å²) in [5, 5.41) is 0. The van der Waals surface area contributed by atoms with Crippen molar-refractivity contribution in [2.45, 2.75) is 31.5 Å². The Labute approximate surface area is 89.4 Å². The standard InChI is InChI=1S/C12H14NO2/c1-2-10-3-5-12(14-8-9-15-12)6-4-11(10)13-7-1/h2,7H,3-6,8-9H2. The van der Waals surface area contributed by atoms with Crippen LogP contribution in [-0.2, 0) is 22.3 Å². The molecule has 1 fully saturated rings. The van der Waals surface area contributed by atoms with Crippen LogP contribution in [0.15, 0.2) is 12.3 Å². The van der Waals surface area contributed by atoms with Gasteiger partial charge in [0.2, 0.25) is 0 Å². The Morgan fingerprint density at radius 3 is 2.87 bits per heavy atom. The van der Waals surface area contributed by atoms with Gasteiger partial charge >= 0.3 is 0 Å². The lowest BCUT2D eigenvalue weighted by Crippen LogP contribution is -2.30. The zero-order valence-electron chi connectivity index (χ0n) is 8.66. The Kier molecular flexibility index (Phi) is 2.22. The molecule has 15 heavy (non-hydrogen) atoms. The summed E-state index contributed by atoms with van der Waals surface area (Å²) in [6.45, 7) is 1.46. The zero-order valence-corrected chi connectivity index (χ0v) is 8.66. The first-order valence-corrected chi connectivity index (χ1v) is 5.50. The highest BCUT2D eigenvalue weighted by Gasteiger charge is 2.37. The van der Waals surface area contributed by atoms with Gasteiger partial charge in [0.15, 0.2) is 5.79 Å². The second-order valence-corrected chi connectivity index (χ2v) is 4.15. The van der Waals surface area contributed by atoms with Crippen molar-refractivity contribution in [2.24, 2.45) is 0 Å². The molecule has 0 atom stereocenters. The molecule has 1 saturated heterocycles. The number of aromatic nitrogens is 1. The molecule has 1 radical (unpaired) electrons. The maximum absolute atomic E-state index is 5.73. The SMILES string of the molecule is [c]1cnc2c(c1)CCC1(CC2)OCCO1. The van der Waals surface area contributed by atoms with E-state index >= 15 is 0 Å². The van der Waals surface area contributed by atoms with E-state index < -0.39 is 0 Å². The molecule has 79 valence electrons. The molecule has 2 heterocycles. The molecule has 0 aromatic carbocycles. The van der Waals surface area contributed by atoms with E-state index in [0.29, 0.717) is 0 Å². The molecule has 2 aliphatic rings. The highest BCUT2D eigenvalue weighted by molar-refractivity contribution is 5.21. The molecule has 0 amide bonds. The fraction of sp³-hybridized carbons (Fsp3) is 0.583. The lowest BCUT2D eigenvalue weighted by atomic mass is 10.1. The van der Waals surface area contributed by atoms with Gasteiger partial charge < -0.3 is 9.47 Å². The van der Waals surface area contributed by atoms with E-state index in [-0.39, 0.29) is 5.79 Å². The highest BCUT2D eigenvalue weighted by atomic mass is 16.7. The second kappa shape index (κ2) is 3.58. The average Bonchev–Trinajstić information content (AvgIpc) is 2.65. The smallest absolute Gasteiger partial charge is 0.169 e. The van der Waals surface area contributed by atoms with E-state index in [1.54, 1.807) is 6.20 Å². The number of hydrogen-bond acceptors (Lipinski definition) is 3. The first-order chi connectivity index (χ1) is 7.38. The lowest BCUT2D eigenvalue weighted by molar-refractivity contribution is -0.164. The normalized spacial score (nSPS) is 23.7. The summed E-state index contributed by atoms with van der Waals surface area (Å²) in [5.74, 6) is -0.319. The molecule has 1 aliphatic heterocycles. The molecular weight excluding hydrogens is 190 g/mol. The van der Waals surface area contributed by atoms with Gasteiger partial charge in [0.1, 0.15) is 0 Å². The van der Waals surface area contributed by atoms with Crippen LogP contribution in [0.25, 0.3) is 0 Å². The average molecular weight is 204 g/mol. The topological polar surface area (TPSA) is 31.4 Å². The van der Waals surface area contributed by atoms with Gasteiger partial charge in [-0.15, -0.1) is 0 Å². The molecular formula is C12H14NO2. The maximum atomic E-state index is 5.73. The molecule has 0 bridgehead atoms. The van der Waals surface area contributed by atoms with Gasteiger partial charge in [-0.25, -0.2) is 0 Å². The minimum atomic E-state index is -0.319. The van der Waals surface area contributed by atoms with Crippen molar-refractivity contribution in [1.82, 2.24) is 4.98 Å². The van der Waals surface area contributed by atoms with Gasteiger partial charge in [0.05, 0.1) is 13.2 Å². The van der Waals surface area contributed by atoms with E-state index in [2.05, 4.69) is 11.1 Å². The van der Waals surface area contributed by atoms with Crippen LogP contribution in [0.4, 0.5) is 0 Å². The number of rotatable bonds is 0. The largest absolute Gasteiger partial charge is 0.348 e. The monoisotopic (exact) mass is 204 g/mol. The highest BCUT2D eigenvalue weighted by Crippen LogP contribution is 2.33. The van der Waals surface area contributed by atoms with E-state index in [9.17, 15) is 0 Å². The lowest BCUT2D eigenvalue weighted by Gasteiger charge is -2.25. The number of fused-ring (bicyclic) bond motifs is 1. The summed E-state index contributed by atoms with van der Waals surface area (Å²) >= 11 is 0. The van der Waals surface area contributed by atoms with Crippen LogP contribution in [0.5, 0.6) is 0 Å². The predicted molar refractivity (Wildman–Crippen MR) is 54.4 cm³/mol. The molecule has 1 aromatic rings. The number of nitrogens with zero attached hydrogens (tertiary/aromatic N) is 1. The third-order valence-corrected chi connectivity index (χ3v) is 3.25. The van der Waals surface area contributed by atoms with Crippen LogP contribution < -0.4 is 0 Å². The van der Waals surface area contributed by atoms with Crippen molar-refractivity contribution in [3.8, 4) is 0 Å². The van der Waals surface area contributed by atoms with Crippen molar-refractivity contribution in [3.63, 3.8) is 0 Å². The maximum Gasteiger partial charge on any atom is 0.169 e. The van der Waals surface area contributed by atoms with Gasteiger partial charge in [-0.05, 0) is 24.5 Å². The quantitative estimate of drug-likeness (QED) is 0.642. The van der Waals surface area contributed by atoms with E-state index in [1.807, 2.05) is 6.07 Å². The Balaban J connectivity index is 1.85. The van der Waals surface area contributed by atoms with Crippen LogP contribution >= 0.6 is 0 Å². The third-order valence-electron chi connectivity index (χ3n) is 3.25.